The van der Waals surface area contributed by atoms with Crippen LogP contribution in [0, 0.1) is 0 Å². The van der Waals surface area contributed by atoms with Crippen LogP contribution >= 0.6 is 0 Å². The summed E-state index contributed by atoms with van der Waals surface area (Å²) in [6.07, 6.45) is 0.0585. The Bertz CT molecular complexity index is 371. The third-order valence-corrected chi connectivity index (χ3v) is 2.14. The Balaban J connectivity index is 3.87. The molecule has 9 heteroatoms. The van der Waals surface area contributed by atoms with Gasteiger partial charge in [0.1, 0.15) is 6.54 Å². The van der Waals surface area contributed by atoms with Crippen molar-refractivity contribution >= 4 is 23.9 Å². The van der Waals surface area contributed by atoms with Gasteiger partial charge in [0.15, 0.2) is 0 Å². The van der Waals surface area contributed by atoms with E-state index in [1.165, 1.54) is 11.9 Å². The molecule has 0 heterocycles. The second-order valence-electron chi connectivity index (χ2n) is 3.81. The maximum absolute atomic E-state index is 11.5. The topological polar surface area (TPSA) is 125 Å². The van der Waals surface area contributed by atoms with E-state index >= 15 is 0 Å². The van der Waals surface area contributed by atoms with Crippen molar-refractivity contribution in [2.24, 2.45) is 0 Å². The van der Waals surface area contributed by atoms with E-state index in [9.17, 15) is 19.2 Å². The van der Waals surface area contributed by atoms with Gasteiger partial charge >= 0.3 is 18.0 Å². The largest absolute Gasteiger partial charge is 0.480 e. The highest BCUT2D eigenvalue weighted by Gasteiger charge is 2.12. The van der Waals surface area contributed by atoms with E-state index in [1.54, 1.807) is 6.92 Å². The number of urea groups is 1. The van der Waals surface area contributed by atoms with Crippen LogP contribution in [0.2, 0.25) is 0 Å². The second-order valence-corrected chi connectivity index (χ2v) is 3.81. The quantitative estimate of drug-likeness (QED) is 0.481. The van der Waals surface area contributed by atoms with E-state index in [0.29, 0.717) is 0 Å². The average molecular weight is 289 g/mol. The van der Waals surface area contributed by atoms with Crippen LogP contribution < -0.4 is 10.6 Å². The maximum atomic E-state index is 11.5. The zero-order chi connectivity index (χ0) is 15.5. The molecule has 0 aliphatic carbocycles. The maximum Gasteiger partial charge on any atom is 0.322 e. The Morgan fingerprint density at radius 1 is 1.15 bits per heavy atom. The molecule has 0 bridgehead atoms. The van der Waals surface area contributed by atoms with Crippen molar-refractivity contribution in [3.8, 4) is 0 Å². The Morgan fingerprint density at radius 3 is 2.35 bits per heavy atom. The number of carbonyl (C=O) groups excluding carboxylic acids is 3. The van der Waals surface area contributed by atoms with Gasteiger partial charge in [0.25, 0.3) is 0 Å². The molecular weight excluding hydrogens is 270 g/mol. The smallest absolute Gasteiger partial charge is 0.322 e. The minimum absolute atomic E-state index is 0.0585. The zero-order valence-electron chi connectivity index (χ0n) is 11.5. The lowest BCUT2D eigenvalue weighted by Crippen LogP contribution is -2.44. The number of carboxylic acids is 1. The molecule has 0 aromatic rings. The first kappa shape index (κ1) is 17.7. The molecule has 0 atom stereocenters. The van der Waals surface area contributed by atoms with Crippen LogP contribution in [0.15, 0.2) is 0 Å². The molecule has 0 aliphatic heterocycles. The number of amides is 3. The van der Waals surface area contributed by atoms with Gasteiger partial charge in [0.05, 0.1) is 19.6 Å². The lowest BCUT2D eigenvalue weighted by atomic mass is 10.4. The fourth-order valence-electron chi connectivity index (χ4n) is 1.12. The van der Waals surface area contributed by atoms with Gasteiger partial charge in [-0.15, -0.1) is 0 Å². The summed E-state index contributed by atoms with van der Waals surface area (Å²) in [5, 5.41) is 12.7. The third-order valence-electron chi connectivity index (χ3n) is 2.14. The molecule has 0 aromatic heterocycles. The number of carbonyl (C=O) groups is 4. The first-order valence-electron chi connectivity index (χ1n) is 5.99. The first-order valence-corrected chi connectivity index (χ1v) is 5.99. The van der Waals surface area contributed by atoms with E-state index in [4.69, 9.17) is 9.84 Å². The van der Waals surface area contributed by atoms with Crippen LogP contribution in [-0.2, 0) is 19.1 Å². The number of aliphatic carboxylic acids is 1. The fourth-order valence-corrected chi connectivity index (χ4v) is 1.12. The molecule has 20 heavy (non-hydrogen) atoms. The van der Waals surface area contributed by atoms with Crippen molar-refractivity contribution in [3.05, 3.63) is 0 Å². The SMILES string of the molecule is CCOC(=O)CCN(C)C(=O)NCC(=O)NCC(=O)O. The number of ether oxygens (including phenoxy) is 1. The summed E-state index contributed by atoms with van der Waals surface area (Å²) in [4.78, 5) is 45.2. The lowest BCUT2D eigenvalue weighted by Gasteiger charge is -2.17. The Morgan fingerprint density at radius 2 is 1.80 bits per heavy atom. The van der Waals surface area contributed by atoms with Crippen LogP contribution in [0.3, 0.4) is 0 Å². The number of hydrogen-bond acceptors (Lipinski definition) is 5. The van der Waals surface area contributed by atoms with Crippen LogP contribution in [0.5, 0.6) is 0 Å². The van der Waals surface area contributed by atoms with E-state index in [1.807, 2.05) is 0 Å². The van der Waals surface area contributed by atoms with Crippen molar-refractivity contribution in [1.82, 2.24) is 15.5 Å². The van der Waals surface area contributed by atoms with Crippen molar-refractivity contribution in [3.63, 3.8) is 0 Å². The van der Waals surface area contributed by atoms with E-state index < -0.39 is 30.4 Å². The van der Waals surface area contributed by atoms with Gasteiger partial charge in [-0.3, -0.25) is 14.4 Å². The van der Waals surface area contributed by atoms with Gasteiger partial charge in [0, 0.05) is 13.6 Å². The minimum Gasteiger partial charge on any atom is -0.480 e. The summed E-state index contributed by atoms with van der Waals surface area (Å²) >= 11 is 0. The lowest BCUT2D eigenvalue weighted by molar-refractivity contribution is -0.143. The summed E-state index contributed by atoms with van der Waals surface area (Å²) in [5.74, 6) is -2.19. The Kier molecular flexibility index (Phi) is 8.48. The van der Waals surface area contributed by atoms with Gasteiger partial charge in [-0.1, -0.05) is 0 Å². The molecule has 0 saturated carbocycles. The third kappa shape index (κ3) is 8.72. The molecule has 114 valence electrons. The number of hydrogen-bond donors (Lipinski definition) is 3. The molecule has 3 N–H and O–H groups in total. The van der Waals surface area contributed by atoms with Gasteiger partial charge in [-0.05, 0) is 6.92 Å². The van der Waals surface area contributed by atoms with Gasteiger partial charge in [-0.2, -0.15) is 0 Å². The Hall–Kier alpha value is -2.32. The summed E-state index contributed by atoms with van der Waals surface area (Å²) in [5.41, 5.74) is 0. The Labute approximate surface area is 116 Å². The summed E-state index contributed by atoms with van der Waals surface area (Å²) in [7, 11) is 1.46. The minimum atomic E-state index is -1.17. The van der Waals surface area contributed by atoms with Crippen molar-refractivity contribution < 1.29 is 29.0 Å². The zero-order valence-corrected chi connectivity index (χ0v) is 11.5. The predicted molar refractivity (Wildman–Crippen MR) is 67.9 cm³/mol. The van der Waals surface area contributed by atoms with Crippen LogP contribution in [-0.4, -0.2) is 67.2 Å². The highest BCUT2D eigenvalue weighted by molar-refractivity contribution is 5.86. The monoisotopic (exact) mass is 289 g/mol. The van der Waals surface area contributed by atoms with E-state index in [2.05, 4.69) is 10.6 Å². The number of nitrogens with one attached hydrogen (secondary N) is 2. The molecule has 0 radical (unpaired) electrons. The van der Waals surface area contributed by atoms with Crippen molar-refractivity contribution in [1.29, 1.82) is 0 Å². The fraction of sp³-hybridized carbons (Fsp3) is 0.636. The molecular formula is C11H19N3O6. The van der Waals surface area contributed by atoms with E-state index in [0.717, 1.165) is 0 Å². The first-order chi connectivity index (χ1) is 9.36. The molecule has 0 unspecified atom stereocenters. The molecule has 0 saturated heterocycles. The predicted octanol–water partition coefficient (Wildman–Crippen LogP) is -1.22. The van der Waals surface area contributed by atoms with Crippen LogP contribution in [0.4, 0.5) is 4.79 Å². The molecule has 0 spiro atoms. The number of nitrogens with zero attached hydrogens (tertiary/aromatic N) is 1. The highest BCUT2D eigenvalue weighted by Crippen LogP contribution is 1.91. The van der Waals surface area contributed by atoms with Crippen molar-refractivity contribution in [2.75, 3.05) is 33.3 Å². The molecule has 3 amide bonds. The molecule has 0 fully saturated rings. The number of esters is 1. The highest BCUT2D eigenvalue weighted by atomic mass is 16.5. The second kappa shape index (κ2) is 9.59. The number of rotatable bonds is 8. The summed E-state index contributed by atoms with van der Waals surface area (Å²) in [6, 6.07) is -0.542. The van der Waals surface area contributed by atoms with E-state index in [-0.39, 0.29) is 26.1 Å². The summed E-state index contributed by atoms with van der Waals surface area (Å²) in [6.45, 7) is 1.27. The van der Waals surface area contributed by atoms with Crippen molar-refractivity contribution in [2.45, 2.75) is 13.3 Å². The number of carboxylic acid groups (broad SMARTS) is 1. The van der Waals surface area contributed by atoms with Gasteiger partial charge < -0.3 is 25.4 Å². The standard InChI is InChI=1S/C11H19N3O6/c1-3-20-10(18)4-5-14(2)11(19)13-6-8(15)12-7-9(16)17/h3-7H2,1-2H3,(H,12,15)(H,13,19)(H,16,17). The van der Waals surface area contributed by atoms with Crippen LogP contribution in [0.25, 0.3) is 0 Å². The molecule has 0 aromatic carbocycles. The molecule has 9 nitrogen and oxygen atoms in total. The van der Waals surface area contributed by atoms with Crippen LogP contribution in [0.1, 0.15) is 13.3 Å². The normalized spacial score (nSPS) is 9.50. The average Bonchev–Trinajstić information content (AvgIpc) is 2.40. The van der Waals surface area contributed by atoms with Gasteiger partial charge in [-0.25, -0.2) is 4.79 Å². The molecule has 0 rings (SSSR count). The van der Waals surface area contributed by atoms with Gasteiger partial charge in [0.2, 0.25) is 5.91 Å². The molecule has 0 aliphatic rings. The summed E-state index contributed by atoms with van der Waals surface area (Å²) < 4.78 is 4.71.